The summed E-state index contributed by atoms with van der Waals surface area (Å²) in [6.07, 6.45) is 4.64. The van der Waals surface area contributed by atoms with Crippen LogP contribution in [0.3, 0.4) is 0 Å². The van der Waals surface area contributed by atoms with E-state index >= 15 is 0 Å². The first kappa shape index (κ1) is 16.8. The predicted molar refractivity (Wildman–Crippen MR) is 108 cm³/mol. The number of nitrogens with one attached hydrogen (secondary N) is 1. The summed E-state index contributed by atoms with van der Waals surface area (Å²) in [6.45, 7) is 1.86. The highest BCUT2D eigenvalue weighted by Crippen LogP contribution is 2.11. The van der Waals surface area contributed by atoms with Crippen LogP contribution >= 0.6 is 12.2 Å². The molecule has 1 N–H and O–H groups in total. The van der Waals surface area contributed by atoms with Crippen molar-refractivity contribution in [1.29, 1.82) is 0 Å². The zero-order valence-electron chi connectivity index (χ0n) is 14.8. The molecule has 4 aromatic rings. The fraction of sp³-hybridized carbons (Fsp3) is 0.167. The zero-order chi connectivity index (χ0) is 19.1. The van der Waals surface area contributed by atoms with Crippen molar-refractivity contribution in [3.63, 3.8) is 0 Å². The molecule has 5 rings (SSSR count). The van der Waals surface area contributed by atoms with Gasteiger partial charge in [-0.15, -0.1) is 0 Å². The van der Waals surface area contributed by atoms with Crippen molar-refractivity contribution in [3.05, 3.63) is 71.0 Å². The van der Waals surface area contributed by atoms with Crippen molar-refractivity contribution in [2.45, 2.75) is 6.54 Å². The van der Waals surface area contributed by atoms with E-state index in [1.807, 2.05) is 24.3 Å². The summed E-state index contributed by atoms with van der Waals surface area (Å²) in [5.74, 6) is 0.453. The average molecular weight is 392 g/mol. The highest BCUT2D eigenvalue weighted by molar-refractivity contribution is 7.80. The summed E-state index contributed by atoms with van der Waals surface area (Å²) in [7, 11) is 0. The third-order valence-corrected chi connectivity index (χ3v) is 5.04. The maximum atomic E-state index is 13.1. The van der Waals surface area contributed by atoms with Crippen LogP contribution in [0.15, 0.2) is 59.9 Å². The zero-order valence-corrected chi connectivity index (χ0v) is 15.6. The molecular formula is C18H16N8OS. The standard InChI is InChI=1S/C18H16N8OS/c27-16-14-8-19-17-20-10-22-26(17)15(14)6-7-24(16)25-12-23(11-21-18(25)28)9-13-4-2-1-3-5-13/h1-8,10H,9,11-12H2,(H,21,28). The smallest absolute Gasteiger partial charge is 0.280 e. The molecule has 0 aliphatic carbocycles. The lowest BCUT2D eigenvalue weighted by Crippen LogP contribution is -2.61. The Labute approximate surface area is 164 Å². The van der Waals surface area contributed by atoms with Gasteiger partial charge in [0.15, 0.2) is 5.11 Å². The minimum Gasteiger partial charge on any atom is -0.348 e. The third-order valence-electron chi connectivity index (χ3n) is 4.69. The number of thiocarbonyl (C=S) groups is 1. The number of rotatable bonds is 3. The van der Waals surface area contributed by atoms with Crippen LogP contribution in [0.1, 0.15) is 5.56 Å². The molecule has 0 bridgehead atoms. The minimum absolute atomic E-state index is 0.215. The molecule has 10 heteroatoms. The molecule has 0 saturated carbocycles. The molecule has 28 heavy (non-hydrogen) atoms. The predicted octanol–water partition coefficient (Wildman–Crippen LogP) is 0.682. The second-order valence-corrected chi connectivity index (χ2v) is 6.88. The van der Waals surface area contributed by atoms with Gasteiger partial charge in [0.05, 0.1) is 24.2 Å². The van der Waals surface area contributed by atoms with Gasteiger partial charge in [-0.25, -0.2) is 14.7 Å². The average Bonchev–Trinajstić information content (AvgIpc) is 3.20. The van der Waals surface area contributed by atoms with E-state index in [4.69, 9.17) is 12.2 Å². The van der Waals surface area contributed by atoms with Gasteiger partial charge >= 0.3 is 0 Å². The molecule has 1 aliphatic rings. The maximum Gasteiger partial charge on any atom is 0.280 e. The van der Waals surface area contributed by atoms with Crippen molar-refractivity contribution in [1.82, 2.24) is 34.5 Å². The van der Waals surface area contributed by atoms with E-state index in [2.05, 4.69) is 37.4 Å². The summed E-state index contributed by atoms with van der Waals surface area (Å²) in [6, 6.07) is 12.0. The van der Waals surface area contributed by atoms with E-state index in [1.54, 1.807) is 15.7 Å². The Morgan fingerprint density at radius 3 is 2.86 bits per heavy atom. The van der Waals surface area contributed by atoms with Crippen LogP contribution in [0.2, 0.25) is 0 Å². The van der Waals surface area contributed by atoms with E-state index in [1.165, 1.54) is 22.8 Å². The molecule has 3 aromatic heterocycles. The summed E-state index contributed by atoms with van der Waals surface area (Å²) in [5.41, 5.74) is 1.63. The molecule has 0 spiro atoms. The molecule has 1 saturated heterocycles. The summed E-state index contributed by atoms with van der Waals surface area (Å²) < 4.78 is 3.06. The molecular weight excluding hydrogens is 376 g/mol. The maximum absolute atomic E-state index is 13.1. The number of benzene rings is 1. The number of fused-ring (bicyclic) bond motifs is 3. The Balaban J connectivity index is 1.50. The Morgan fingerprint density at radius 1 is 1.14 bits per heavy atom. The van der Waals surface area contributed by atoms with Crippen molar-refractivity contribution in [2.75, 3.05) is 18.3 Å². The van der Waals surface area contributed by atoms with Crippen LogP contribution in [0.4, 0.5) is 0 Å². The summed E-state index contributed by atoms with van der Waals surface area (Å²) in [4.78, 5) is 23.5. The third kappa shape index (κ3) is 2.79. The van der Waals surface area contributed by atoms with Gasteiger partial charge in [0.2, 0.25) is 0 Å². The van der Waals surface area contributed by atoms with Gasteiger partial charge in [-0.1, -0.05) is 30.3 Å². The van der Waals surface area contributed by atoms with Crippen LogP contribution in [-0.4, -0.2) is 47.6 Å². The van der Waals surface area contributed by atoms with Gasteiger partial charge in [-0.2, -0.15) is 14.6 Å². The Hall–Kier alpha value is -3.37. The molecule has 1 fully saturated rings. The first-order valence-corrected chi connectivity index (χ1v) is 9.13. The molecule has 0 atom stereocenters. The Morgan fingerprint density at radius 2 is 2.00 bits per heavy atom. The first-order chi connectivity index (χ1) is 13.7. The van der Waals surface area contributed by atoms with Gasteiger partial charge in [0, 0.05) is 18.9 Å². The largest absolute Gasteiger partial charge is 0.348 e. The molecule has 4 heterocycles. The Bertz CT molecular complexity index is 1230. The fourth-order valence-corrected chi connectivity index (χ4v) is 3.54. The highest BCUT2D eigenvalue weighted by Gasteiger charge is 2.23. The number of aromatic nitrogens is 5. The van der Waals surface area contributed by atoms with Gasteiger partial charge in [0.1, 0.15) is 6.33 Å². The number of hydrogen-bond donors (Lipinski definition) is 1. The van der Waals surface area contributed by atoms with Crippen molar-refractivity contribution in [3.8, 4) is 0 Å². The number of hydrogen-bond acceptors (Lipinski definition) is 6. The second-order valence-electron chi connectivity index (χ2n) is 6.49. The van der Waals surface area contributed by atoms with E-state index in [-0.39, 0.29) is 5.56 Å². The van der Waals surface area contributed by atoms with Crippen molar-refractivity contribution >= 4 is 34.0 Å². The topological polar surface area (TPSA) is 83.6 Å². The van der Waals surface area contributed by atoms with Gasteiger partial charge in [-0.3, -0.25) is 9.69 Å². The molecule has 0 amide bonds. The van der Waals surface area contributed by atoms with E-state index in [9.17, 15) is 4.79 Å². The normalized spacial score (nSPS) is 15.3. The fourth-order valence-electron chi connectivity index (χ4n) is 3.33. The monoisotopic (exact) mass is 392 g/mol. The minimum atomic E-state index is -0.215. The molecule has 1 aliphatic heterocycles. The van der Waals surface area contributed by atoms with E-state index in [0.29, 0.717) is 35.1 Å². The SMILES string of the molecule is O=c1c2cnc3ncnn3c2ccn1N1CN(Cc2ccccc2)CNC1=S. The van der Waals surface area contributed by atoms with Gasteiger partial charge in [0.25, 0.3) is 11.3 Å². The van der Waals surface area contributed by atoms with Crippen LogP contribution in [0.5, 0.6) is 0 Å². The van der Waals surface area contributed by atoms with E-state index in [0.717, 1.165) is 6.54 Å². The number of pyridine rings is 1. The lowest BCUT2D eigenvalue weighted by atomic mass is 10.2. The lowest BCUT2D eigenvalue weighted by Gasteiger charge is -2.38. The molecule has 0 radical (unpaired) electrons. The van der Waals surface area contributed by atoms with Crippen LogP contribution in [0, 0.1) is 0 Å². The second kappa shape index (κ2) is 6.66. The first-order valence-electron chi connectivity index (χ1n) is 8.73. The lowest BCUT2D eigenvalue weighted by molar-refractivity contribution is 0.234. The molecule has 0 unspecified atom stereocenters. The quantitative estimate of drug-likeness (QED) is 0.510. The van der Waals surface area contributed by atoms with Gasteiger partial charge in [-0.05, 0) is 23.8 Å². The molecule has 1 aromatic carbocycles. The highest BCUT2D eigenvalue weighted by atomic mass is 32.1. The summed E-state index contributed by atoms with van der Waals surface area (Å²) in [5, 5.41) is 10.0. The van der Waals surface area contributed by atoms with Gasteiger partial charge < -0.3 is 5.32 Å². The summed E-state index contributed by atoms with van der Waals surface area (Å²) >= 11 is 5.46. The van der Waals surface area contributed by atoms with Crippen molar-refractivity contribution < 1.29 is 0 Å². The number of nitrogens with zero attached hydrogens (tertiary/aromatic N) is 7. The van der Waals surface area contributed by atoms with Crippen LogP contribution in [0.25, 0.3) is 16.7 Å². The molecule has 9 nitrogen and oxygen atoms in total. The Kier molecular flexibility index (Phi) is 3.99. The van der Waals surface area contributed by atoms with Crippen LogP contribution in [-0.2, 0) is 6.54 Å². The molecule has 140 valence electrons. The van der Waals surface area contributed by atoms with E-state index < -0.39 is 0 Å². The van der Waals surface area contributed by atoms with Crippen LogP contribution < -0.4 is 15.9 Å². The van der Waals surface area contributed by atoms with Crippen molar-refractivity contribution in [2.24, 2.45) is 0 Å².